The van der Waals surface area contributed by atoms with Crippen LogP contribution in [0.2, 0.25) is 0 Å². The van der Waals surface area contributed by atoms with E-state index in [9.17, 15) is 0 Å². The third kappa shape index (κ3) is 2.89. The van der Waals surface area contributed by atoms with Gasteiger partial charge in [0, 0.05) is 6.04 Å². The van der Waals surface area contributed by atoms with Gasteiger partial charge in [-0.15, -0.1) is 12.4 Å². The maximum Gasteiger partial charge on any atom is 0.121 e. The molecule has 1 aromatic carbocycles. The Labute approximate surface area is 91.9 Å². The average Bonchev–Trinajstić information content (AvgIpc) is 2.16. The highest BCUT2D eigenvalue weighted by Crippen LogP contribution is 2.22. The fourth-order valence-electron chi connectivity index (χ4n) is 1.37. The highest BCUT2D eigenvalue weighted by Gasteiger charge is 2.05. The van der Waals surface area contributed by atoms with Crippen LogP contribution in [0, 0.1) is 6.92 Å². The Kier molecular flexibility index (Phi) is 5.58. The van der Waals surface area contributed by atoms with Gasteiger partial charge in [-0.1, -0.05) is 19.1 Å². The van der Waals surface area contributed by atoms with E-state index in [1.165, 1.54) is 5.56 Å². The zero-order chi connectivity index (χ0) is 9.84. The van der Waals surface area contributed by atoms with Crippen LogP contribution in [-0.4, -0.2) is 7.11 Å². The molecule has 0 aliphatic rings. The molecule has 1 aromatic rings. The first kappa shape index (κ1) is 13.3. The van der Waals surface area contributed by atoms with Gasteiger partial charge in [-0.2, -0.15) is 0 Å². The Bertz CT molecular complexity index is 289. The zero-order valence-corrected chi connectivity index (χ0v) is 9.73. The van der Waals surface area contributed by atoms with Crippen LogP contribution in [0.1, 0.15) is 30.5 Å². The van der Waals surface area contributed by atoms with Gasteiger partial charge in [-0.3, -0.25) is 0 Å². The second-order valence-electron chi connectivity index (χ2n) is 3.24. The highest BCUT2D eigenvalue weighted by molar-refractivity contribution is 5.85. The number of methoxy groups -OCH3 is 1. The highest BCUT2D eigenvalue weighted by atomic mass is 35.5. The number of hydrogen-bond acceptors (Lipinski definition) is 2. The van der Waals surface area contributed by atoms with Crippen LogP contribution in [0.15, 0.2) is 18.2 Å². The molecule has 14 heavy (non-hydrogen) atoms. The van der Waals surface area contributed by atoms with Crippen LogP contribution in [0.25, 0.3) is 0 Å². The molecule has 1 rings (SSSR count). The molecule has 0 aliphatic carbocycles. The number of aryl methyl sites for hydroxylation is 1. The van der Waals surface area contributed by atoms with E-state index in [2.05, 4.69) is 13.0 Å². The third-order valence-corrected chi connectivity index (χ3v) is 2.29. The van der Waals surface area contributed by atoms with Crippen molar-refractivity contribution in [3.63, 3.8) is 0 Å². The minimum absolute atomic E-state index is 0. The molecule has 0 spiro atoms. The first-order chi connectivity index (χ1) is 6.19. The summed E-state index contributed by atoms with van der Waals surface area (Å²) in [5, 5.41) is 0. The largest absolute Gasteiger partial charge is 0.496 e. The lowest BCUT2D eigenvalue weighted by atomic mass is 10.0. The molecule has 0 aliphatic heterocycles. The molecule has 1 atom stereocenters. The molecule has 1 unspecified atom stereocenters. The van der Waals surface area contributed by atoms with Gasteiger partial charge in [0.25, 0.3) is 0 Å². The number of benzene rings is 1. The van der Waals surface area contributed by atoms with Crippen LogP contribution in [0.4, 0.5) is 0 Å². The van der Waals surface area contributed by atoms with Crippen molar-refractivity contribution < 1.29 is 4.74 Å². The smallest absolute Gasteiger partial charge is 0.121 e. The van der Waals surface area contributed by atoms with E-state index in [1.54, 1.807) is 7.11 Å². The Morgan fingerprint density at radius 1 is 1.43 bits per heavy atom. The zero-order valence-electron chi connectivity index (χ0n) is 8.91. The molecular formula is C11H18ClNO. The van der Waals surface area contributed by atoms with Crippen molar-refractivity contribution in [2.24, 2.45) is 5.73 Å². The lowest BCUT2D eigenvalue weighted by molar-refractivity contribution is 0.411. The molecule has 0 amide bonds. The first-order valence-electron chi connectivity index (χ1n) is 4.59. The summed E-state index contributed by atoms with van der Waals surface area (Å²) in [6, 6.07) is 6.23. The van der Waals surface area contributed by atoms with Crippen LogP contribution in [0.5, 0.6) is 5.75 Å². The van der Waals surface area contributed by atoms with E-state index < -0.39 is 0 Å². The Balaban J connectivity index is 0.00000169. The third-order valence-electron chi connectivity index (χ3n) is 2.29. The molecule has 0 aromatic heterocycles. The predicted molar refractivity (Wildman–Crippen MR) is 62.2 cm³/mol. The number of halogens is 1. The summed E-state index contributed by atoms with van der Waals surface area (Å²) in [5.41, 5.74) is 8.24. The Morgan fingerprint density at radius 3 is 2.50 bits per heavy atom. The van der Waals surface area contributed by atoms with Crippen LogP contribution in [-0.2, 0) is 0 Å². The van der Waals surface area contributed by atoms with Gasteiger partial charge < -0.3 is 10.5 Å². The quantitative estimate of drug-likeness (QED) is 0.842. The summed E-state index contributed by atoms with van der Waals surface area (Å²) >= 11 is 0. The van der Waals surface area contributed by atoms with Crippen molar-refractivity contribution in [1.29, 1.82) is 0 Å². The minimum atomic E-state index is 0. The summed E-state index contributed by atoms with van der Waals surface area (Å²) < 4.78 is 5.17. The normalized spacial score (nSPS) is 11.7. The van der Waals surface area contributed by atoms with Gasteiger partial charge in [-0.25, -0.2) is 0 Å². The molecule has 2 N–H and O–H groups in total. The second-order valence-corrected chi connectivity index (χ2v) is 3.24. The van der Waals surface area contributed by atoms with Crippen LogP contribution >= 0.6 is 12.4 Å². The van der Waals surface area contributed by atoms with Gasteiger partial charge >= 0.3 is 0 Å². The molecule has 2 nitrogen and oxygen atoms in total. The van der Waals surface area contributed by atoms with Crippen molar-refractivity contribution in [1.82, 2.24) is 0 Å². The van der Waals surface area contributed by atoms with Crippen molar-refractivity contribution in [2.75, 3.05) is 7.11 Å². The molecule has 80 valence electrons. The Hall–Kier alpha value is -0.730. The van der Waals surface area contributed by atoms with Gasteiger partial charge in [-0.05, 0) is 30.5 Å². The molecule has 0 heterocycles. The number of ether oxygens (including phenoxy) is 1. The fraction of sp³-hybridized carbons (Fsp3) is 0.455. The Morgan fingerprint density at radius 2 is 2.07 bits per heavy atom. The van der Waals surface area contributed by atoms with Crippen molar-refractivity contribution >= 4 is 12.4 Å². The molecule has 0 fully saturated rings. The van der Waals surface area contributed by atoms with E-state index in [1.807, 2.05) is 19.1 Å². The number of nitrogens with two attached hydrogens (primary N) is 1. The van der Waals surface area contributed by atoms with Crippen molar-refractivity contribution in [3.05, 3.63) is 29.3 Å². The topological polar surface area (TPSA) is 35.2 Å². The standard InChI is InChI=1S/C11H17NO.ClH/c1-4-10(12)9-5-6-11(13-3)8(2)7-9;/h5-7,10H,4,12H2,1-3H3;1H. The summed E-state index contributed by atoms with van der Waals surface area (Å²) in [6.45, 7) is 4.12. The van der Waals surface area contributed by atoms with E-state index in [-0.39, 0.29) is 18.4 Å². The van der Waals surface area contributed by atoms with Crippen LogP contribution < -0.4 is 10.5 Å². The van der Waals surface area contributed by atoms with Gasteiger partial charge in [0.05, 0.1) is 7.11 Å². The summed E-state index contributed by atoms with van der Waals surface area (Å²) in [5.74, 6) is 0.923. The fourth-order valence-corrected chi connectivity index (χ4v) is 1.37. The summed E-state index contributed by atoms with van der Waals surface area (Å²) in [7, 11) is 1.68. The second kappa shape index (κ2) is 5.89. The summed E-state index contributed by atoms with van der Waals surface area (Å²) in [4.78, 5) is 0. The number of hydrogen-bond donors (Lipinski definition) is 1. The monoisotopic (exact) mass is 215 g/mol. The molecule has 0 radical (unpaired) electrons. The number of rotatable bonds is 3. The van der Waals surface area contributed by atoms with E-state index in [4.69, 9.17) is 10.5 Å². The maximum absolute atomic E-state index is 5.91. The molecule has 3 heteroatoms. The summed E-state index contributed by atoms with van der Waals surface area (Å²) in [6.07, 6.45) is 0.964. The van der Waals surface area contributed by atoms with E-state index in [0.717, 1.165) is 17.7 Å². The predicted octanol–water partition coefficient (Wildman–Crippen LogP) is 2.84. The maximum atomic E-state index is 5.91. The first-order valence-corrected chi connectivity index (χ1v) is 4.59. The van der Waals surface area contributed by atoms with Gasteiger partial charge in [0.15, 0.2) is 0 Å². The van der Waals surface area contributed by atoms with Gasteiger partial charge in [0.2, 0.25) is 0 Å². The van der Waals surface area contributed by atoms with Crippen LogP contribution in [0.3, 0.4) is 0 Å². The SMILES string of the molecule is CCC(N)c1ccc(OC)c(C)c1.Cl. The van der Waals surface area contributed by atoms with Crippen molar-refractivity contribution in [3.8, 4) is 5.75 Å². The van der Waals surface area contributed by atoms with E-state index >= 15 is 0 Å². The molecule has 0 bridgehead atoms. The molecule has 0 saturated heterocycles. The average molecular weight is 216 g/mol. The van der Waals surface area contributed by atoms with Crippen molar-refractivity contribution in [2.45, 2.75) is 26.3 Å². The minimum Gasteiger partial charge on any atom is -0.496 e. The lowest BCUT2D eigenvalue weighted by Crippen LogP contribution is -2.08. The molecular weight excluding hydrogens is 198 g/mol. The van der Waals surface area contributed by atoms with Gasteiger partial charge in [0.1, 0.15) is 5.75 Å². The molecule has 0 saturated carbocycles. The lowest BCUT2D eigenvalue weighted by Gasteiger charge is -2.11. The van der Waals surface area contributed by atoms with E-state index in [0.29, 0.717) is 0 Å².